The molecule has 34 heavy (non-hydrogen) atoms. The predicted octanol–water partition coefficient (Wildman–Crippen LogP) is 2.82. The predicted molar refractivity (Wildman–Crippen MR) is 115 cm³/mol. The van der Waals surface area contributed by atoms with Crippen molar-refractivity contribution in [2.45, 2.75) is 24.5 Å². The smallest absolute Gasteiger partial charge is 0.331 e. The van der Waals surface area contributed by atoms with Crippen molar-refractivity contribution in [2.75, 3.05) is 11.4 Å². The minimum atomic E-state index is -0.900. The number of imide groups is 1. The Morgan fingerprint density at radius 1 is 1.09 bits per heavy atom. The van der Waals surface area contributed by atoms with Crippen molar-refractivity contribution >= 4 is 34.3 Å². The molecule has 0 spiro atoms. The SMILES string of the molecule is N#Cc1ncc(N2C(=O)[C@H]3C4CC(CN4C(=O)c4cc(F)cc(F)c4)N3C2=O)c2ccccc12. The van der Waals surface area contributed by atoms with Gasteiger partial charge in [-0.2, -0.15) is 5.26 Å². The van der Waals surface area contributed by atoms with E-state index in [-0.39, 0.29) is 23.5 Å². The van der Waals surface area contributed by atoms with Gasteiger partial charge in [0.2, 0.25) is 0 Å². The zero-order valence-electron chi connectivity index (χ0n) is 17.5. The summed E-state index contributed by atoms with van der Waals surface area (Å²) >= 11 is 0. The van der Waals surface area contributed by atoms with Gasteiger partial charge in [0.05, 0.1) is 24.0 Å². The average Bonchev–Trinajstić information content (AvgIpc) is 3.49. The zero-order chi connectivity index (χ0) is 23.7. The lowest BCUT2D eigenvalue weighted by atomic mass is 10.1. The highest BCUT2D eigenvalue weighted by Gasteiger charge is 2.63. The Morgan fingerprint density at radius 2 is 1.79 bits per heavy atom. The van der Waals surface area contributed by atoms with Crippen LogP contribution in [0, 0.1) is 23.0 Å². The summed E-state index contributed by atoms with van der Waals surface area (Å²) in [7, 11) is 0. The quantitative estimate of drug-likeness (QED) is 0.549. The van der Waals surface area contributed by atoms with Gasteiger partial charge in [-0.25, -0.2) is 23.5 Å². The van der Waals surface area contributed by atoms with Crippen molar-refractivity contribution in [2.24, 2.45) is 0 Å². The highest BCUT2D eigenvalue weighted by molar-refractivity contribution is 6.25. The number of fused-ring (bicyclic) bond motifs is 6. The summed E-state index contributed by atoms with van der Waals surface area (Å²) < 4.78 is 27.3. The number of hydrogen-bond acceptors (Lipinski definition) is 5. The van der Waals surface area contributed by atoms with Crippen LogP contribution < -0.4 is 4.90 Å². The molecule has 3 fully saturated rings. The van der Waals surface area contributed by atoms with Crippen LogP contribution in [0.4, 0.5) is 19.3 Å². The number of likely N-dealkylation sites (tertiary alicyclic amines) is 1. The molecule has 1 aromatic heterocycles. The van der Waals surface area contributed by atoms with Gasteiger partial charge in [0, 0.05) is 28.9 Å². The molecule has 0 aliphatic carbocycles. The summed E-state index contributed by atoms with van der Waals surface area (Å²) in [6.07, 6.45) is 1.74. The highest BCUT2D eigenvalue weighted by atomic mass is 19.1. The maximum Gasteiger partial charge on any atom is 0.332 e. The van der Waals surface area contributed by atoms with Crippen LogP contribution in [0.2, 0.25) is 0 Å². The number of nitriles is 1. The van der Waals surface area contributed by atoms with Gasteiger partial charge in [0.1, 0.15) is 29.4 Å². The largest absolute Gasteiger partial charge is 0.332 e. The molecule has 6 rings (SSSR count). The van der Waals surface area contributed by atoms with Gasteiger partial charge in [-0.3, -0.25) is 9.59 Å². The number of rotatable bonds is 2. The maximum absolute atomic E-state index is 13.7. The Hall–Kier alpha value is -4.39. The number of benzene rings is 2. The fourth-order valence-electron chi connectivity index (χ4n) is 5.40. The minimum Gasteiger partial charge on any atom is -0.331 e. The molecule has 2 aromatic carbocycles. The number of carbonyl (C=O) groups excluding carboxylic acids is 3. The van der Waals surface area contributed by atoms with E-state index < -0.39 is 47.6 Å². The molecule has 3 aliphatic heterocycles. The molecule has 168 valence electrons. The molecule has 3 aromatic rings. The van der Waals surface area contributed by atoms with Crippen LogP contribution in [-0.4, -0.2) is 57.3 Å². The molecule has 0 N–H and O–H groups in total. The number of urea groups is 1. The van der Waals surface area contributed by atoms with Crippen molar-refractivity contribution in [3.8, 4) is 6.07 Å². The highest BCUT2D eigenvalue weighted by Crippen LogP contribution is 2.44. The first-order valence-electron chi connectivity index (χ1n) is 10.6. The third-order valence-electron chi connectivity index (χ3n) is 6.76. The lowest BCUT2D eigenvalue weighted by Gasteiger charge is -2.34. The third-order valence-corrected chi connectivity index (χ3v) is 6.76. The van der Waals surface area contributed by atoms with E-state index in [4.69, 9.17) is 0 Å². The van der Waals surface area contributed by atoms with Gasteiger partial charge < -0.3 is 9.80 Å². The molecular weight excluding hydrogens is 444 g/mol. The van der Waals surface area contributed by atoms with E-state index in [0.29, 0.717) is 23.3 Å². The van der Waals surface area contributed by atoms with Gasteiger partial charge >= 0.3 is 6.03 Å². The van der Waals surface area contributed by atoms with E-state index in [9.17, 15) is 28.4 Å². The molecule has 8 nitrogen and oxygen atoms in total. The van der Waals surface area contributed by atoms with Crippen LogP contribution in [-0.2, 0) is 4.79 Å². The molecule has 3 saturated heterocycles. The molecular formula is C24H15F2N5O3. The number of pyridine rings is 1. The summed E-state index contributed by atoms with van der Waals surface area (Å²) in [4.78, 5) is 48.0. The van der Waals surface area contributed by atoms with E-state index in [1.165, 1.54) is 16.0 Å². The van der Waals surface area contributed by atoms with Crippen molar-refractivity contribution in [1.82, 2.24) is 14.8 Å². The Morgan fingerprint density at radius 3 is 2.50 bits per heavy atom. The molecule has 2 bridgehead atoms. The Bertz CT molecular complexity index is 1450. The number of hydrogen-bond donors (Lipinski definition) is 0. The van der Waals surface area contributed by atoms with Crippen LogP contribution in [0.15, 0.2) is 48.7 Å². The summed E-state index contributed by atoms with van der Waals surface area (Å²) in [5.74, 6) is -2.83. The monoisotopic (exact) mass is 459 g/mol. The van der Waals surface area contributed by atoms with Gasteiger partial charge in [-0.1, -0.05) is 24.3 Å². The summed E-state index contributed by atoms with van der Waals surface area (Å²) in [5, 5.41) is 10.4. The second kappa shape index (κ2) is 7.05. The Labute approximate surface area is 191 Å². The van der Waals surface area contributed by atoms with Crippen LogP contribution in [0.3, 0.4) is 0 Å². The van der Waals surface area contributed by atoms with Crippen LogP contribution in [0.25, 0.3) is 10.8 Å². The van der Waals surface area contributed by atoms with Crippen molar-refractivity contribution < 1.29 is 23.2 Å². The average molecular weight is 459 g/mol. The summed E-state index contributed by atoms with van der Waals surface area (Å²) in [6.45, 7) is 0.164. The number of piperazine rings is 1. The molecule has 3 atom stereocenters. The van der Waals surface area contributed by atoms with Crippen LogP contribution in [0.5, 0.6) is 0 Å². The first kappa shape index (κ1) is 20.2. The number of halogens is 2. The topological polar surface area (TPSA) is 97.6 Å². The normalized spacial score (nSPS) is 23.1. The second-order valence-corrected chi connectivity index (χ2v) is 8.53. The van der Waals surface area contributed by atoms with Crippen LogP contribution >= 0.6 is 0 Å². The number of anilines is 1. The zero-order valence-corrected chi connectivity index (χ0v) is 17.5. The maximum atomic E-state index is 13.7. The van der Waals surface area contributed by atoms with E-state index in [0.717, 1.165) is 17.0 Å². The molecule has 4 amide bonds. The molecule has 10 heteroatoms. The molecule has 0 saturated carbocycles. The van der Waals surface area contributed by atoms with E-state index in [2.05, 4.69) is 4.98 Å². The first-order chi connectivity index (χ1) is 16.4. The number of nitrogens with zero attached hydrogens (tertiary/aromatic N) is 5. The van der Waals surface area contributed by atoms with Gasteiger partial charge in [0.15, 0.2) is 0 Å². The Balaban J connectivity index is 1.37. The van der Waals surface area contributed by atoms with Crippen LogP contribution in [0.1, 0.15) is 22.5 Å². The molecule has 2 unspecified atom stereocenters. The standard InChI is InChI=1S/C24H15F2N5O3/c25-13-5-12(6-14(26)7-13)22(32)29-11-15-8-19(29)21-23(33)31(24(34)30(15)21)20-10-28-18(9-27)16-3-1-2-4-17(16)20/h1-7,10,15,19,21H,8,11H2/t15?,19?,21-/m1/s1. The van der Waals surface area contributed by atoms with Crippen molar-refractivity contribution in [3.05, 3.63) is 71.6 Å². The van der Waals surface area contributed by atoms with Gasteiger partial charge in [-0.05, 0) is 18.6 Å². The van der Waals surface area contributed by atoms with E-state index in [1.54, 1.807) is 24.3 Å². The number of carbonyl (C=O) groups is 3. The lowest BCUT2D eigenvalue weighted by Crippen LogP contribution is -2.54. The van der Waals surface area contributed by atoms with Crippen molar-refractivity contribution in [3.63, 3.8) is 0 Å². The van der Waals surface area contributed by atoms with Gasteiger partial charge in [-0.15, -0.1) is 0 Å². The lowest BCUT2D eigenvalue weighted by molar-refractivity contribution is -0.121. The first-order valence-corrected chi connectivity index (χ1v) is 10.6. The van der Waals surface area contributed by atoms with Gasteiger partial charge in [0.25, 0.3) is 11.8 Å². The van der Waals surface area contributed by atoms with E-state index >= 15 is 0 Å². The second-order valence-electron chi connectivity index (χ2n) is 8.53. The fraction of sp³-hybridized carbons (Fsp3) is 0.208. The van der Waals surface area contributed by atoms with Crippen molar-refractivity contribution in [1.29, 1.82) is 5.26 Å². The van der Waals surface area contributed by atoms with E-state index in [1.807, 2.05) is 6.07 Å². The number of aromatic nitrogens is 1. The molecule has 4 heterocycles. The summed E-state index contributed by atoms with van der Waals surface area (Å²) in [6, 6.07) is 9.07. The third kappa shape index (κ3) is 2.67. The Kier molecular flexibility index (Phi) is 4.20. The number of amides is 4. The molecule has 0 radical (unpaired) electrons. The fourth-order valence-corrected chi connectivity index (χ4v) is 5.40. The summed E-state index contributed by atoms with van der Waals surface area (Å²) in [5.41, 5.74) is 0.300. The minimum absolute atomic E-state index is 0.146. The molecule has 3 aliphatic rings.